The molecule has 1 saturated carbocycles. The Labute approximate surface area is 122 Å². The summed E-state index contributed by atoms with van der Waals surface area (Å²) >= 11 is 0. The van der Waals surface area contributed by atoms with E-state index in [1.807, 2.05) is 30.3 Å². The Morgan fingerprint density at radius 1 is 1.43 bits per heavy atom. The lowest BCUT2D eigenvalue weighted by Crippen LogP contribution is -2.33. The maximum atomic E-state index is 11.9. The van der Waals surface area contributed by atoms with Gasteiger partial charge in [0, 0.05) is 18.9 Å². The average molecular weight is 287 g/mol. The third kappa shape index (κ3) is 2.80. The van der Waals surface area contributed by atoms with Crippen molar-refractivity contribution < 1.29 is 14.4 Å². The first-order valence-corrected chi connectivity index (χ1v) is 6.92. The molecule has 0 spiro atoms. The lowest BCUT2D eigenvalue weighted by atomic mass is 9.92. The number of amides is 1. The van der Waals surface area contributed by atoms with Gasteiger partial charge in [-0.1, -0.05) is 35.5 Å². The van der Waals surface area contributed by atoms with Crippen LogP contribution in [-0.2, 0) is 0 Å². The van der Waals surface area contributed by atoms with Crippen molar-refractivity contribution in [3.63, 3.8) is 0 Å². The molecule has 1 fully saturated rings. The van der Waals surface area contributed by atoms with Gasteiger partial charge in [-0.05, 0) is 18.4 Å². The van der Waals surface area contributed by atoms with Gasteiger partial charge in [0.25, 0.3) is 11.7 Å². The minimum absolute atomic E-state index is 0.0255. The quantitative estimate of drug-likeness (QED) is 0.872. The predicted octanol–water partition coefficient (Wildman–Crippen LogP) is 1.62. The maximum Gasteiger partial charge on any atom is 0.292 e. The lowest BCUT2D eigenvalue weighted by Gasteiger charge is -2.22. The predicted molar refractivity (Wildman–Crippen MR) is 74.4 cm³/mol. The molecule has 1 atom stereocenters. The Balaban J connectivity index is 1.63. The van der Waals surface area contributed by atoms with E-state index in [1.54, 1.807) is 6.92 Å². The molecular weight excluding hydrogens is 270 g/mol. The SMILES string of the molecule is Cc1nc(C(=O)NCC2(C(O)c3ccccc3)CC2)no1. The summed E-state index contributed by atoms with van der Waals surface area (Å²) in [4.78, 5) is 15.8. The van der Waals surface area contributed by atoms with E-state index in [0.717, 1.165) is 18.4 Å². The Hall–Kier alpha value is -2.21. The molecule has 2 aromatic rings. The van der Waals surface area contributed by atoms with Crippen LogP contribution in [0, 0.1) is 12.3 Å². The van der Waals surface area contributed by atoms with E-state index < -0.39 is 6.10 Å². The minimum atomic E-state index is -0.578. The molecular formula is C15H17N3O3. The third-order valence-corrected chi connectivity index (χ3v) is 3.92. The standard InChI is InChI=1S/C15H17N3O3/c1-10-17-13(18-21-10)14(20)16-9-15(7-8-15)12(19)11-5-3-2-4-6-11/h2-6,12,19H,7-9H2,1H3,(H,16,20). The first-order chi connectivity index (χ1) is 10.1. The molecule has 2 N–H and O–H groups in total. The highest BCUT2D eigenvalue weighted by molar-refractivity contribution is 5.90. The van der Waals surface area contributed by atoms with Crippen molar-refractivity contribution in [3.05, 3.63) is 47.6 Å². The molecule has 1 aromatic carbocycles. The molecule has 1 unspecified atom stereocenters. The second kappa shape index (κ2) is 5.29. The van der Waals surface area contributed by atoms with Gasteiger partial charge in [-0.3, -0.25) is 4.79 Å². The molecule has 6 nitrogen and oxygen atoms in total. The van der Waals surface area contributed by atoms with Crippen LogP contribution in [0.25, 0.3) is 0 Å². The molecule has 0 saturated heterocycles. The van der Waals surface area contributed by atoms with Gasteiger partial charge in [-0.25, -0.2) is 0 Å². The molecule has 1 aliphatic carbocycles. The number of aliphatic hydroxyl groups is 1. The van der Waals surface area contributed by atoms with Crippen LogP contribution in [0.2, 0.25) is 0 Å². The molecule has 1 amide bonds. The summed E-state index contributed by atoms with van der Waals surface area (Å²) < 4.78 is 4.78. The van der Waals surface area contributed by atoms with Crippen LogP contribution >= 0.6 is 0 Å². The molecule has 1 heterocycles. The van der Waals surface area contributed by atoms with Crippen molar-refractivity contribution in [1.29, 1.82) is 0 Å². The van der Waals surface area contributed by atoms with Gasteiger partial charge < -0.3 is 14.9 Å². The zero-order chi connectivity index (χ0) is 14.9. The van der Waals surface area contributed by atoms with Gasteiger partial charge in [0.05, 0.1) is 6.10 Å². The largest absolute Gasteiger partial charge is 0.388 e. The van der Waals surface area contributed by atoms with Gasteiger partial charge in [-0.15, -0.1) is 0 Å². The maximum absolute atomic E-state index is 11.9. The van der Waals surface area contributed by atoms with E-state index >= 15 is 0 Å². The van der Waals surface area contributed by atoms with Crippen LogP contribution in [0.15, 0.2) is 34.9 Å². The van der Waals surface area contributed by atoms with E-state index in [9.17, 15) is 9.90 Å². The molecule has 1 aliphatic rings. The number of nitrogens with one attached hydrogen (secondary N) is 1. The minimum Gasteiger partial charge on any atom is -0.388 e. The normalized spacial score (nSPS) is 17.2. The highest BCUT2D eigenvalue weighted by Gasteiger charge is 2.49. The van der Waals surface area contributed by atoms with Crippen molar-refractivity contribution in [2.45, 2.75) is 25.9 Å². The summed E-state index contributed by atoms with van der Waals surface area (Å²) in [5, 5.41) is 16.9. The summed E-state index contributed by atoms with van der Waals surface area (Å²) in [6.07, 6.45) is 1.19. The molecule has 0 aliphatic heterocycles. The average Bonchev–Trinajstić information content (AvgIpc) is 3.19. The van der Waals surface area contributed by atoms with E-state index in [-0.39, 0.29) is 17.1 Å². The van der Waals surface area contributed by atoms with E-state index in [2.05, 4.69) is 15.5 Å². The second-order valence-corrected chi connectivity index (χ2v) is 5.50. The highest BCUT2D eigenvalue weighted by Crippen LogP contribution is 2.54. The zero-order valence-corrected chi connectivity index (χ0v) is 11.7. The molecule has 0 bridgehead atoms. The number of nitrogens with zero attached hydrogens (tertiary/aromatic N) is 2. The number of carbonyl (C=O) groups is 1. The topological polar surface area (TPSA) is 88.2 Å². The van der Waals surface area contributed by atoms with E-state index in [4.69, 9.17) is 4.52 Å². The highest BCUT2D eigenvalue weighted by atomic mass is 16.5. The van der Waals surface area contributed by atoms with Crippen molar-refractivity contribution in [1.82, 2.24) is 15.5 Å². The number of aryl methyl sites for hydroxylation is 1. The fourth-order valence-electron chi connectivity index (χ4n) is 2.42. The van der Waals surface area contributed by atoms with Crippen LogP contribution < -0.4 is 5.32 Å². The van der Waals surface area contributed by atoms with Crippen LogP contribution in [0.3, 0.4) is 0 Å². The summed E-state index contributed by atoms with van der Waals surface area (Å²) in [7, 11) is 0. The monoisotopic (exact) mass is 287 g/mol. The molecule has 110 valence electrons. The van der Waals surface area contributed by atoms with Gasteiger partial charge in [0.2, 0.25) is 5.89 Å². The smallest absolute Gasteiger partial charge is 0.292 e. The number of aliphatic hydroxyl groups excluding tert-OH is 1. The Morgan fingerprint density at radius 3 is 2.71 bits per heavy atom. The summed E-state index contributed by atoms with van der Waals surface area (Å²) in [5.41, 5.74) is 0.593. The van der Waals surface area contributed by atoms with Crippen LogP contribution in [0.1, 0.15) is 41.0 Å². The molecule has 0 radical (unpaired) electrons. The van der Waals surface area contributed by atoms with Crippen molar-refractivity contribution in [2.24, 2.45) is 5.41 Å². The van der Waals surface area contributed by atoms with Gasteiger partial charge >= 0.3 is 0 Å². The number of aromatic nitrogens is 2. The first kappa shape index (κ1) is 13.8. The summed E-state index contributed by atoms with van der Waals surface area (Å²) in [5.74, 6) is 0.00138. The summed E-state index contributed by atoms with van der Waals surface area (Å²) in [6.45, 7) is 2.03. The van der Waals surface area contributed by atoms with Crippen molar-refractivity contribution in [3.8, 4) is 0 Å². The Bertz CT molecular complexity index is 635. The first-order valence-electron chi connectivity index (χ1n) is 6.92. The number of hydrogen-bond donors (Lipinski definition) is 2. The van der Waals surface area contributed by atoms with Crippen LogP contribution in [0.5, 0.6) is 0 Å². The van der Waals surface area contributed by atoms with E-state index in [0.29, 0.717) is 12.4 Å². The number of benzene rings is 1. The number of hydrogen-bond acceptors (Lipinski definition) is 5. The number of carbonyl (C=O) groups excluding carboxylic acids is 1. The Morgan fingerprint density at radius 2 is 2.14 bits per heavy atom. The fraction of sp³-hybridized carbons (Fsp3) is 0.400. The van der Waals surface area contributed by atoms with Crippen molar-refractivity contribution >= 4 is 5.91 Å². The lowest BCUT2D eigenvalue weighted by molar-refractivity contribution is 0.0800. The molecule has 3 rings (SSSR count). The van der Waals surface area contributed by atoms with Gasteiger partial charge in [0.1, 0.15) is 0 Å². The molecule has 6 heteroatoms. The molecule has 1 aromatic heterocycles. The third-order valence-electron chi connectivity index (χ3n) is 3.92. The summed E-state index contributed by atoms with van der Waals surface area (Å²) in [6, 6.07) is 9.50. The van der Waals surface area contributed by atoms with Gasteiger partial charge in [-0.2, -0.15) is 4.98 Å². The van der Waals surface area contributed by atoms with Gasteiger partial charge in [0.15, 0.2) is 0 Å². The Kier molecular flexibility index (Phi) is 3.47. The van der Waals surface area contributed by atoms with Crippen LogP contribution in [-0.4, -0.2) is 27.7 Å². The van der Waals surface area contributed by atoms with Crippen LogP contribution in [0.4, 0.5) is 0 Å². The fourth-order valence-corrected chi connectivity index (χ4v) is 2.42. The van der Waals surface area contributed by atoms with E-state index in [1.165, 1.54) is 0 Å². The second-order valence-electron chi connectivity index (χ2n) is 5.50. The van der Waals surface area contributed by atoms with Crippen molar-refractivity contribution in [2.75, 3.05) is 6.54 Å². The zero-order valence-electron chi connectivity index (χ0n) is 11.7. The molecule has 21 heavy (non-hydrogen) atoms. The number of rotatable bonds is 5.